The first-order chi connectivity index (χ1) is 14.6. The molecule has 2 N–H and O–H groups in total. The predicted octanol–water partition coefficient (Wildman–Crippen LogP) is 2.84. The highest BCUT2D eigenvalue weighted by Gasteiger charge is 2.39. The maximum absolute atomic E-state index is 10.5. The topological polar surface area (TPSA) is 113 Å². The third-order valence-electron chi connectivity index (χ3n) is 5.62. The first-order valence-corrected chi connectivity index (χ1v) is 10.3. The van der Waals surface area contributed by atoms with Crippen LogP contribution in [0.5, 0.6) is 5.75 Å². The Morgan fingerprint density at radius 3 is 2.23 bits per heavy atom. The summed E-state index contributed by atoms with van der Waals surface area (Å²) < 4.78 is 0. The highest BCUT2D eigenvalue weighted by atomic mass is 16.3. The van der Waals surface area contributed by atoms with Gasteiger partial charge in [-0.25, -0.2) is 19.9 Å². The molecule has 1 fully saturated rings. The summed E-state index contributed by atoms with van der Waals surface area (Å²) in [5, 5.41) is 22.9. The normalized spacial score (nSPS) is 18.0. The Balaban J connectivity index is 1.54. The van der Waals surface area contributed by atoms with Gasteiger partial charge < -0.3 is 15.3 Å². The minimum atomic E-state index is 0.0353. The molecule has 1 saturated heterocycles. The van der Waals surface area contributed by atoms with Gasteiger partial charge in [0.15, 0.2) is 17.5 Å². The van der Waals surface area contributed by atoms with E-state index in [0.717, 1.165) is 12.8 Å². The minimum absolute atomic E-state index is 0.0353. The number of anilines is 1. The fourth-order valence-electron chi connectivity index (χ4n) is 4.53. The molecule has 0 atom stereocenters. The summed E-state index contributed by atoms with van der Waals surface area (Å²) in [4.78, 5) is 18.6. The molecule has 9 nitrogen and oxygen atoms in total. The second-order valence-electron chi connectivity index (χ2n) is 9.40. The van der Waals surface area contributed by atoms with Crippen molar-refractivity contribution in [3.63, 3.8) is 0 Å². The quantitative estimate of drug-likeness (QED) is 0.658. The third kappa shape index (κ3) is 4.61. The van der Waals surface area contributed by atoms with E-state index in [4.69, 9.17) is 0 Å². The van der Waals surface area contributed by atoms with Gasteiger partial charge in [-0.15, -0.1) is 10.2 Å². The summed E-state index contributed by atoms with van der Waals surface area (Å²) in [6, 6.07) is 5.47. The summed E-state index contributed by atoms with van der Waals surface area (Å²) >= 11 is 0. The number of nitrogens with zero attached hydrogens (tertiary/aromatic N) is 7. The highest BCUT2D eigenvalue weighted by Crippen LogP contribution is 2.33. The summed E-state index contributed by atoms with van der Waals surface area (Å²) in [5.41, 5.74) is 1.26. The van der Waals surface area contributed by atoms with Crippen LogP contribution < -0.4 is 10.2 Å². The second-order valence-corrected chi connectivity index (χ2v) is 9.40. The molecule has 2 aromatic heterocycles. The minimum Gasteiger partial charge on any atom is -0.507 e. The Hall–Kier alpha value is -3.20. The van der Waals surface area contributed by atoms with Crippen molar-refractivity contribution in [1.82, 2.24) is 35.5 Å². The van der Waals surface area contributed by atoms with E-state index >= 15 is 0 Å². The van der Waals surface area contributed by atoms with Crippen LogP contribution in [0.4, 0.5) is 5.82 Å². The van der Waals surface area contributed by atoms with Crippen LogP contribution in [0.2, 0.25) is 0 Å². The lowest BCUT2D eigenvalue weighted by molar-refractivity contribution is 0.160. The van der Waals surface area contributed by atoms with Crippen LogP contribution in [0.25, 0.3) is 22.8 Å². The maximum Gasteiger partial charge on any atom is 0.185 e. The van der Waals surface area contributed by atoms with Crippen molar-refractivity contribution in [3.8, 4) is 28.5 Å². The SMILES string of the molecule is CN(c1cnc(-c2ccc(-c3ncncn3)cc2O)nn1)C1CC(C)(C)NC(C)(C)C1. The van der Waals surface area contributed by atoms with Gasteiger partial charge in [-0.1, -0.05) is 6.07 Å². The lowest BCUT2D eigenvalue weighted by Crippen LogP contribution is -2.62. The van der Waals surface area contributed by atoms with Crippen molar-refractivity contribution in [2.75, 3.05) is 11.9 Å². The van der Waals surface area contributed by atoms with Crippen LogP contribution in [0.1, 0.15) is 40.5 Å². The number of phenolic OH excluding ortho intramolecular Hbond substituents is 1. The molecule has 0 saturated carbocycles. The van der Waals surface area contributed by atoms with Crippen LogP contribution >= 0.6 is 0 Å². The molecular formula is C22H28N8O. The van der Waals surface area contributed by atoms with Crippen LogP contribution in [0, 0.1) is 0 Å². The van der Waals surface area contributed by atoms with E-state index in [-0.39, 0.29) is 16.8 Å². The highest BCUT2D eigenvalue weighted by molar-refractivity contribution is 5.70. The van der Waals surface area contributed by atoms with E-state index in [0.29, 0.717) is 34.6 Å². The van der Waals surface area contributed by atoms with Crippen molar-refractivity contribution >= 4 is 5.82 Å². The fourth-order valence-corrected chi connectivity index (χ4v) is 4.53. The van der Waals surface area contributed by atoms with Gasteiger partial charge in [0.25, 0.3) is 0 Å². The molecule has 0 bridgehead atoms. The Labute approximate surface area is 182 Å². The standard InChI is InChI=1S/C22H28N8O/c1-21(2)9-15(10-22(3,4)29-21)30(5)18-11-24-20(28-27-18)16-7-6-14(8-17(16)31)19-25-12-23-13-26-19/h6-8,11-13,15,29,31H,9-10H2,1-5H3. The van der Waals surface area contributed by atoms with Crippen molar-refractivity contribution < 1.29 is 5.11 Å². The molecule has 9 heteroatoms. The average Bonchev–Trinajstić information content (AvgIpc) is 2.72. The Bertz CT molecular complexity index is 1040. The zero-order valence-electron chi connectivity index (χ0n) is 18.5. The Kier molecular flexibility index (Phi) is 5.30. The summed E-state index contributed by atoms with van der Waals surface area (Å²) in [6.45, 7) is 8.91. The van der Waals surface area contributed by atoms with Gasteiger partial charge in [0.1, 0.15) is 18.4 Å². The lowest BCUT2D eigenvalue weighted by Gasteiger charge is -2.49. The van der Waals surface area contributed by atoms with Crippen molar-refractivity contribution in [2.45, 2.75) is 57.7 Å². The molecule has 0 spiro atoms. The zero-order valence-corrected chi connectivity index (χ0v) is 18.5. The molecule has 31 heavy (non-hydrogen) atoms. The van der Waals surface area contributed by atoms with E-state index in [1.165, 1.54) is 12.7 Å². The van der Waals surface area contributed by atoms with Gasteiger partial charge in [-0.3, -0.25) is 0 Å². The van der Waals surface area contributed by atoms with Gasteiger partial charge in [0.2, 0.25) is 0 Å². The molecule has 162 valence electrons. The molecule has 0 unspecified atom stereocenters. The number of piperidine rings is 1. The van der Waals surface area contributed by atoms with Gasteiger partial charge in [-0.2, -0.15) is 0 Å². The summed E-state index contributed by atoms with van der Waals surface area (Å²) in [6.07, 6.45) is 6.54. The molecule has 0 radical (unpaired) electrons. The molecular weight excluding hydrogens is 392 g/mol. The number of aromatic nitrogens is 6. The van der Waals surface area contributed by atoms with Crippen LogP contribution in [0.3, 0.4) is 0 Å². The van der Waals surface area contributed by atoms with Crippen molar-refractivity contribution in [3.05, 3.63) is 37.1 Å². The lowest BCUT2D eigenvalue weighted by atomic mass is 9.79. The maximum atomic E-state index is 10.5. The molecule has 3 aromatic rings. The molecule has 1 aromatic carbocycles. The first-order valence-electron chi connectivity index (χ1n) is 10.3. The fraction of sp³-hybridized carbons (Fsp3) is 0.455. The first kappa shape index (κ1) is 21.0. The number of hydrogen-bond acceptors (Lipinski definition) is 9. The van der Waals surface area contributed by atoms with Crippen molar-refractivity contribution in [2.24, 2.45) is 0 Å². The average molecular weight is 421 g/mol. The van der Waals surface area contributed by atoms with Crippen LogP contribution in [0.15, 0.2) is 37.1 Å². The van der Waals surface area contributed by atoms with E-state index in [9.17, 15) is 5.11 Å². The number of hydrogen-bond donors (Lipinski definition) is 2. The molecule has 1 aliphatic heterocycles. The van der Waals surface area contributed by atoms with Crippen molar-refractivity contribution in [1.29, 1.82) is 0 Å². The number of benzene rings is 1. The number of nitrogens with one attached hydrogen (secondary N) is 1. The number of phenols is 1. The van der Waals surface area contributed by atoms with E-state index in [2.05, 4.69) is 68.0 Å². The molecule has 0 aliphatic carbocycles. The Morgan fingerprint density at radius 2 is 1.65 bits per heavy atom. The van der Waals surface area contributed by atoms with Crippen LogP contribution in [-0.4, -0.2) is 59.4 Å². The smallest absolute Gasteiger partial charge is 0.185 e. The van der Waals surface area contributed by atoms with Gasteiger partial charge >= 0.3 is 0 Å². The number of rotatable bonds is 4. The van der Waals surface area contributed by atoms with Gasteiger partial charge in [0, 0.05) is 29.7 Å². The third-order valence-corrected chi connectivity index (χ3v) is 5.62. The predicted molar refractivity (Wildman–Crippen MR) is 118 cm³/mol. The van der Waals surface area contributed by atoms with Crippen LogP contribution in [-0.2, 0) is 0 Å². The van der Waals surface area contributed by atoms with E-state index in [1.54, 1.807) is 18.3 Å². The van der Waals surface area contributed by atoms with Gasteiger partial charge in [-0.05, 0) is 52.7 Å². The second kappa shape index (κ2) is 7.81. The van der Waals surface area contributed by atoms with E-state index < -0.39 is 0 Å². The molecule has 4 rings (SSSR count). The summed E-state index contributed by atoms with van der Waals surface area (Å²) in [7, 11) is 2.04. The monoisotopic (exact) mass is 420 g/mol. The summed E-state index contributed by atoms with van der Waals surface area (Å²) in [5.74, 6) is 1.61. The molecule has 0 amide bonds. The van der Waals surface area contributed by atoms with E-state index in [1.807, 2.05) is 13.1 Å². The van der Waals surface area contributed by atoms with Gasteiger partial charge in [0.05, 0.1) is 11.8 Å². The molecule has 3 heterocycles. The zero-order chi connectivity index (χ0) is 22.2. The molecule has 1 aliphatic rings. The largest absolute Gasteiger partial charge is 0.507 e. The Morgan fingerprint density at radius 1 is 0.968 bits per heavy atom. The number of aromatic hydroxyl groups is 1.